The molecule has 0 bridgehead atoms. The lowest BCUT2D eigenvalue weighted by Crippen LogP contribution is -2.44. The second kappa shape index (κ2) is 11.3. The van der Waals surface area contributed by atoms with Crippen LogP contribution in [0, 0.1) is 0 Å². The molecule has 0 N–H and O–H groups in total. The van der Waals surface area contributed by atoms with E-state index in [1.165, 1.54) is 11.1 Å². The van der Waals surface area contributed by atoms with Crippen molar-refractivity contribution in [1.29, 1.82) is 0 Å². The minimum Gasteiger partial charge on any atom is -0.341 e. The molecule has 0 saturated carbocycles. The van der Waals surface area contributed by atoms with Crippen molar-refractivity contribution in [2.75, 3.05) is 33.2 Å². The number of hydrogen-bond donors (Lipinski definition) is 0. The smallest absolute Gasteiger partial charge is 0.253 e. The summed E-state index contributed by atoms with van der Waals surface area (Å²) in [5, 5.41) is 1.06. The summed E-state index contributed by atoms with van der Waals surface area (Å²) in [5.74, 6) is 0.801. The molecule has 3 aromatic carbocycles. The molecule has 0 aromatic heterocycles. The number of halogens is 2. The highest BCUT2D eigenvalue weighted by Crippen LogP contribution is 2.46. The molecule has 2 aliphatic rings. The average Bonchev–Trinajstić information content (AvgIpc) is 3.19. The number of fused-ring (bicyclic) bond motifs is 2. The molecule has 3 aromatic rings. The molecule has 1 spiro atoms. The molecule has 2 heterocycles. The number of carbonyl (C=O) groups is 1. The molecule has 1 saturated heterocycles. The van der Waals surface area contributed by atoms with Gasteiger partial charge in [-0.3, -0.25) is 9.00 Å². The maximum Gasteiger partial charge on any atom is 0.253 e. The molecule has 0 aliphatic carbocycles. The first-order valence-corrected chi connectivity index (χ1v) is 14.9. The molecule has 2 aliphatic heterocycles. The van der Waals surface area contributed by atoms with Crippen LogP contribution in [0.5, 0.6) is 0 Å². The number of rotatable bonds is 7. The van der Waals surface area contributed by atoms with Crippen LogP contribution in [0.15, 0.2) is 72.8 Å². The molecule has 1 fully saturated rings. The van der Waals surface area contributed by atoms with Crippen molar-refractivity contribution in [3.05, 3.63) is 105 Å². The summed E-state index contributed by atoms with van der Waals surface area (Å²) in [5.41, 5.74) is 4.31. The Morgan fingerprint density at radius 3 is 2.43 bits per heavy atom. The third-order valence-corrected chi connectivity index (χ3v) is 10.8. The Bertz CT molecular complexity index is 1290. The van der Waals surface area contributed by atoms with E-state index in [1.807, 2.05) is 61.6 Å². The van der Waals surface area contributed by atoms with E-state index in [0.717, 1.165) is 44.5 Å². The average molecular weight is 556 g/mol. The predicted octanol–water partition coefficient (Wildman–Crippen LogP) is 6.49. The van der Waals surface area contributed by atoms with E-state index in [4.69, 9.17) is 23.2 Å². The Hall–Kier alpha value is -2.18. The number of amides is 1. The number of likely N-dealkylation sites (N-methyl/N-ethyl adjacent to an activating group) is 1. The zero-order valence-electron chi connectivity index (χ0n) is 21.0. The van der Waals surface area contributed by atoms with Crippen LogP contribution in [0.1, 0.15) is 52.2 Å². The fraction of sp³-hybridized carbons (Fsp3) is 0.367. The van der Waals surface area contributed by atoms with Gasteiger partial charge in [-0.2, -0.15) is 0 Å². The monoisotopic (exact) mass is 554 g/mol. The van der Waals surface area contributed by atoms with Gasteiger partial charge >= 0.3 is 0 Å². The summed E-state index contributed by atoms with van der Waals surface area (Å²) in [6, 6.07) is 23.6. The van der Waals surface area contributed by atoms with Gasteiger partial charge in [-0.25, -0.2) is 0 Å². The van der Waals surface area contributed by atoms with Crippen molar-refractivity contribution in [2.24, 2.45) is 0 Å². The predicted molar refractivity (Wildman–Crippen MR) is 153 cm³/mol. The number of likely N-dealkylation sites (tertiary alicyclic amines) is 1. The number of piperidine rings is 1. The van der Waals surface area contributed by atoms with Gasteiger partial charge in [0.15, 0.2) is 0 Å². The fourth-order valence-electron chi connectivity index (χ4n) is 5.81. The molecular formula is C30H32Cl2N2O2S. The lowest BCUT2D eigenvalue weighted by molar-refractivity contribution is 0.0781. The van der Waals surface area contributed by atoms with Crippen molar-refractivity contribution in [3.63, 3.8) is 0 Å². The number of hydrogen-bond acceptors (Lipinski definition) is 3. The topological polar surface area (TPSA) is 40.6 Å². The van der Waals surface area contributed by atoms with Crippen molar-refractivity contribution in [1.82, 2.24) is 9.80 Å². The van der Waals surface area contributed by atoms with Crippen LogP contribution in [0.25, 0.3) is 0 Å². The summed E-state index contributed by atoms with van der Waals surface area (Å²) < 4.78 is 13.0. The number of carbonyl (C=O) groups excluding carboxylic acids is 1. The third kappa shape index (κ3) is 5.51. The van der Waals surface area contributed by atoms with E-state index in [9.17, 15) is 9.00 Å². The van der Waals surface area contributed by atoms with Crippen molar-refractivity contribution >= 4 is 39.9 Å². The van der Waals surface area contributed by atoms with Crippen molar-refractivity contribution < 1.29 is 9.00 Å². The zero-order valence-corrected chi connectivity index (χ0v) is 23.4. The summed E-state index contributed by atoms with van der Waals surface area (Å²) in [4.78, 5) is 17.3. The van der Waals surface area contributed by atoms with E-state index in [2.05, 4.69) is 23.1 Å². The Morgan fingerprint density at radius 2 is 1.70 bits per heavy atom. The maximum absolute atomic E-state index is 13.2. The van der Waals surface area contributed by atoms with Crippen LogP contribution in [0.2, 0.25) is 10.0 Å². The van der Waals surface area contributed by atoms with Gasteiger partial charge in [0.1, 0.15) is 0 Å². The normalized spacial score (nSPS) is 19.5. The SMILES string of the molecule is CN(C[C@@H](CCN1CCC2(CC1)c1ccccc1CS2=O)c1ccc(Cl)c(Cl)c1)C(=O)c1ccccc1. The van der Waals surface area contributed by atoms with E-state index in [0.29, 0.717) is 27.9 Å². The van der Waals surface area contributed by atoms with Crippen LogP contribution >= 0.6 is 23.2 Å². The summed E-state index contributed by atoms with van der Waals surface area (Å²) in [7, 11) is 1.00. The van der Waals surface area contributed by atoms with Crippen LogP contribution in [-0.2, 0) is 21.3 Å². The van der Waals surface area contributed by atoms with Gasteiger partial charge in [-0.1, -0.05) is 71.7 Å². The quantitative estimate of drug-likeness (QED) is 0.335. The first kappa shape index (κ1) is 26.4. The first-order chi connectivity index (χ1) is 17.9. The van der Waals surface area contributed by atoms with Gasteiger partial charge in [-0.15, -0.1) is 0 Å². The highest BCUT2D eigenvalue weighted by Gasteiger charge is 2.46. The molecule has 2 atom stereocenters. The van der Waals surface area contributed by atoms with E-state index >= 15 is 0 Å². The van der Waals surface area contributed by atoms with Crippen LogP contribution in [-0.4, -0.2) is 53.1 Å². The van der Waals surface area contributed by atoms with Gasteiger partial charge in [-0.05, 0) is 79.9 Å². The Kier molecular flexibility index (Phi) is 8.06. The van der Waals surface area contributed by atoms with Gasteiger partial charge in [0.2, 0.25) is 0 Å². The molecule has 1 amide bonds. The molecule has 7 heteroatoms. The van der Waals surface area contributed by atoms with E-state index in [1.54, 1.807) is 4.90 Å². The lowest BCUT2D eigenvalue weighted by Gasteiger charge is -2.39. The second-order valence-electron chi connectivity index (χ2n) is 10.2. The molecule has 194 valence electrons. The molecule has 0 radical (unpaired) electrons. The van der Waals surface area contributed by atoms with Crippen molar-refractivity contribution in [2.45, 2.75) is 35.7 Å². The molecular weight excluding hydrogens is 523 g/mol. The summed E-state index contributed by atoms with van der Waals surface area (Å²) in [6.07, 6.45) is 2.72. The van der Waals surface area contributed by atoms with Crippen LogP contribution < -0.4 is 0 Å². The molecule has 1 unspecified atom stereocenters. The van der Waals surface area contributed by atoms with Gasteiger partial charge in [0.05, 0.1) is 14.8 Å². The Balaban J connectivity index is 1.27. The lowest BCUT2D eigenvalue weighted by atomic mass is 9.86. The zero-order chi connectivity index (χ0) is 26.0. The van der Waals surface area contributed by atoms with Crippen LogP contribution in [0.3, 0.4) is 0 Å². The van der Waals surface area contributed by atoms with Gasteiger partial charge in [0, 0.05) is 41.6 Å². The molecule has 5 rings (SSSR count). The van der Waals surface area contributed by atoms with Gasteiger partial charge in [0.25, 0.3) is 5.91 Å². The standard InChI is InChI=1S/C30H32Cl2N2O2S/c1-33(29(35)22-7-3-2-4-8-22)20-24(23-11-12-27(31)28(32)19-23)13-16-34-17-14-30(15-18-34)26-10-6-5-9-25(26)21-37(30)36/h2-12,19,24H,13-18,20-21H2,1H3/t24-,37?/m1/s1. The van der Waals surface area contributed by atoms with Crippen molar-refractivity contribution in [3.8, 4) is 0 Å². The van der Waals surface area contributed by atoms with Crippen LogP contribution in [0.4, 0.5) is 0 Å². The van der Waals surface area contributed by atoms with E-state index < -0.39 is 10.8 Å². The minimum atomic E-state index is -0.856. The first-order valence-electron chi connectivity index (χ1n) is 12.8. The maximum atomic E-state index is 13.2. The molecule has 37 heavy (non-hydrogen) atoms. The number of nitrogens with zero attached hydrogens (tertiary/aromatic N) is 2. The minimum absolute atomic E-state index is 0.00736. The highest BCUT2D eigenvalue weighted by atomic mass is 35.5. The summed E-state index contributed by atoms with van der Waals surface area (Å²) in [6.45, 7) is 3.34. The summed E-state index contributed by atoms with van der Waals surface area (Å²) >= 11 is 12.6. The number of benzene rings is 3. The van der Waals surface area contributed by atoms with Gasteiger partial charge < -0.3 is 9.80 Å². The highest BCUT2D eigenvalue weighted by molar-refractivity contribution is 7.85. The Labute approximate surface area is 232 Å². The second-order valence-corrected chi connectivity index (χ2v) is 12.8. The largest absolute Gasteiger partial charge is 0.341 e. The molecule has 4 nitrogen and oxygen atoms in total. The third-order valence-electron chi connectivity index (χ3n) is 7.96. The van der Waals surface area contributed by atoms with E-state index in [-0.39, 0.29) is 16.6 Å². The fourth-order valence-corrected chi connectivity index (χ4v) is 8.01. The Morgan fingerprint density at radius 1 is 1.00 bits per heavy atom.